The van der Waals surface area contributed by atoms with Crippen LogP contribution < -0.4 is 39.6 Å². The van der Waals surface area contributed by atoms with E-state index in [0.717, 1.165) is 0 Å². The number of hydrogen-bond acceptors (Lipinski definition) is 37. The molecule has 5 aliphatic heterocycles. The predicted octanol–water partition coefficient (Wildman–Crippen LogP) is 4.02. The van der Waals surface area contributed by atoms with Crippen molar-refractivity contribution in [3.05, 3.63) is 119 Å². The smallest absolute Gasteiger partial charge is 0.335 e. The Bertz CT molecular complexity index is 4460. The monoisotopic (exact) mass is 1780 g/mol. The van der Waals surface area contributed by atoms with Gasteiger partial charge in [-0.05, 0) is 95.3 Å². The molecule has 0 radical (unpaired) electrons. The molecule has 0 bridgehead atoms. The van der Waals surface area contributed by atoms with Gasteiger partial charge in [-0.25, -0.2) is 34.0 Å². The Kier molecular flexibility index (Phi) is 43.3. The van der Waals surface area contributed by atoms with E-state index in [1.807, 2.05) is 0 Å². The number of para-hydroxylation sites is 1. The molecule has 0 saturated heterocycles. The fourth-order valence-electron chi connectivity index (χ4n) is 10.8. The summed E-state index contributed by atoms with van der Waals surface area (Å²) in [4.78, 5) is 76.7. The van der Waals surface area contributed by atoms with E-state index in [1.54, 1.807) is 123 Å². The molecule has 5 heterocycles. The molecule has 0 fully saturated rings. The summed E-state index contributed by atoms with van der Waals surface area (Å²) >= 11 is 0. The third-order valence-electron chi connectivity index (χ3n) is 18.3. The second kappa shape index (κ2) is 52.9. The number of methoxy groups -OCH3 is 5. The van der Waals surface area contributed by atoms with Gasteiger partial charge in [-0.2, -0.15) is 0 Å². The zero-order chi connectivity index (χ0) is 92.1. The van der Waals surface area contributed by atoms with Crippen LogP contribution in [-0.2, 0) is 90.3 Å². The van der Waals surface area contributed by atoms with Crippen LogP contribution in [0.5, 0.6) is 57.5 Å². The van der Waals surface area contributed by atoms with E-state index in [2.05, 4.69) is 40.9 Å². The van der Waals surface area contributed by atoms with Gasteiger partial charge in [0.1, 0.15) is 110 Å². The number of nitrogens with one attached hydrogen (secondary N) is 3. The van der Waals surface area contributed by atoms with Gasteiger partial charge in [0.15, 0.2) is 39.2 Å². The Morgan fingerprint density at radius 1 is 0.325 bits per heavy atom. The average molecular weight is 1780 g/mol. The van der Waals surface area contributed by atoms with Gasteiger partial charge in [0.2, 0.25) is 11.8 Å². The molecule has 0 amide bonds. The second-order valence-electron chi connectivity index (χ2n) is 28.7. The van der Waals surface area contributed by atoms with E-state index in [1.165, 1.54) is 38.1 Å². The van der Waals surface area contributed by atoms with Crippen LogP contribution in [0.25, 0.3) is 0 Å². The maximum atomic E-state index is 11.3. The molecule has 0 aliphatic carbocycles. The first kappa shape index (κ1) is 103. The SMILES string of the molecule is COCCOCCOCCOc1ccc(C2=NC(C)(C(=O)O)CO2)c(O)c1.COCCOCCOCCOc1ccc(C2=NCC(C)(C(=O)O)N2)c(O)c1.COCCOCCOc1ccc(C2=NC(C)(C(=O)O)CO2)c(O)c1.COCCOCCOc1ccc(C2=NCC(C)(C(=O)O)N2)c(O)c1.COCCOCCOc1cccc(C2=NCC(C)(C(=O)O)N2)c1O. The van der Waals surface area contributed by atoms with Crippen LogP contribution in [0.2, 0.25) is 0 Å². The van der Waals surface area contributed by atoms with Gasteiger partial charge in [-0.3, -0.25) is 15.0 Å². The van der Waals surface area contributed by atoms with E-state index in [4.69, 9.17) is 100 Å². The third-order valence-corrected chi connectivity index (χ3v) is 18.3. The molecule has 42 heteroatoms. The van der Waals surface area contributed by atoms with Crippen molar-refractivity contribution in [2.24, 2.45) is 25.0 Å². The normalized spacial score (nSPS) is 19.3. The highest BCUT2D eigenvalue weighted by molar-refractivity contribution is 6.08. The van der Waals surface area contributed by atoms with Gasteiger partial charge in [0.05, 0.1) is 173 Å². The molecule has 5 atom stereocenters. The number of carbonyl (C=O) groups is 5. The molecule has 10 rings (SSSR count). The summed E-state index contributed by atoms with van der Waals surface area (Å²) in [6.07, 6.45) is 0. The molecule has 696 valence electrons. The van der Waals surface area contributed by atoms with Crippen LogP contribution in [0.4, 0.5) is 0 Å². The summed E-state index contributed by atoms with van der Waals surface area (Å²) in [6, 6.07) is 23.8. The van der Waals surface area contributed by atoms with Gasteiger partial charge in [0.25, 0.3) is 0 Å². The van der Waals surface area contributed by atoms with Crippen LogP contribution in [0.3, 0.4) is 0 Å². The van der Waals surface area contributed by atoms with Crippen molar-refractivity contribution < 1.29 is 165 Å². The molecule has 0 spiro atoms. The van der Waals surface area contributed by atoms with Gasteiger partial charge >= 0.3 is 29.8 Å². The van der Waals surface area contributed by atoms with Crippen molar-refractivity contribution in [2.45, 2.75) is 62.3 Å². The lowest BCUT2D eigenvalue weighted by molar-refractivity contribution is -0.143. The summed E-state index contributed by atoms with van der Waals surface area (Å²) < 4.78 is 99.5. The van der Waals surface area contributed by atoms with Crippen molar-refractivity contribution in [3.63, 3.8) is 0 Å². The van der Waals surface area contributed by atoms with Gasteiger partial charge in [-0.15, -0.1) is 0 Å². The zero-order valence-electron chi connectivity index (χ0n) is 72.2. The molecule has 5 unspecified atom stereocenters. The van der Waals surface area contributed by atoms with E-state index < -0.39 is 57.5 Å². The second-order valence-corrected chi connectivity index (χ2v) is 28.7. The maximum Gasteiger partial charge on any atom is 0.335 e. The largest absolute Gasteiger partial charge is 0.507 e. The van der Waals surface area contributed by atoms with Crippen molar-refractivity contribution in [1.82, 2.24) is 16.0 Å². The van der Waals surface area contributed by atoms with Gasteiger partial charge in [-0.1, -0.05) is 6.07 Å². The number of rotatable bonds is 51. The first-order valence-electron chi connectivity index (χ1n) is 39.7. The number of aliphatic carboxylic acids is 5. The molecule has 42 nitrogen and oxygen atoms in total. The van der Waals surface area contributed by atoms with Crippen LogP contribution in [0.15, 0.2) is 116 Å². The lowest BCUT2D eigenvalue weighted by Gasteiger charge is -2.19. The van der Waals surface area contributed by atoms with E-state index in [-0.39, 0.29) is 85.7 Å². The fourth-order valence-corrected chi connectivity index (χ4v) is 10.8. The first-order chi connectivity index (χ1) is 60.3. The zero-order valence-corrected chi connectivity index (χ0v) is 72.2. The quantitative estimate of drug-likeness (QED) is 0.0244. The summed E-state index contributed by atoms with van der Waals surface area (Å²) in [5.41, 5.74) is -4.28. The van der Waals surface area contributed by atoms with Gasteiger partial charge in [0, 0.05) is 59.8 Å². The molecule has 0 aromatic heterocycles. The van der Waals surface area contributed by atoms with Crippen molar-refractivity contribution >= 4 is 59.1 Å². The number of aliphatic imine (C=N–C) groups is 5. The minimum absolute atomic E-state index is 0.0336. The van der Waals surface area contributed by atoms with E-state index >= 15 is 0 Å². The van der Waals surface area contributed by atoms with Crippen molar-refractivity contribution in [1.29, 1.82) is 0 Å². The van der Waals surface area contributed by atoms with Crippen molar-refractivity contribution in [2.75, 3.05) is 227 Å². The number of benzene rings is 5. The van der Waals surface area contributed by atoms with Crippen LogP contribution >= 0.6 is 0 Å². The molecule has 5 aliphatic rings. The fraction of sp³-hybridized carbons (Fsp3) is 0.524. The average Bonchev–Trinajstić information content (AvgIpc) is 1.68. The Balaban J connectivity index is 0.000000243. The van der Waals surface area contributed by atoms with Crippen LogP contribution in [0, 0.1) is 0 Å². The molecule has 13 N–H and O–H groups in total. The maximum absolute atomic E-state index is 11.3. The number of nitrogens with zero attached hydrogens (tertiary/aromatic N) is 5. The summed E-state index contributed by atoms with van der Waals surface area (Å²) in [7, 11) is 8.03. The van der Waals surface area contributed by atoms with Crippen molar-refractivity contribution in [3.8, 4) is 57.5 Å². The number of phenols is 5. The lowest BCUT2D eigenvalue weighted by atomic mass is 10.0. The number of ether oxygens (including phenoxy) is 19. The minimum atomic E-state index is -1.35. The Morgan fingerprint density at radius 2 is 0.579 bits per heavy atom. The third kappa shape index (κ3) is 33.0. The number of aromatic hydroxyl groups is 5. The van der Waals surface area contributed by atoms with Crippen LogP contribution in [0.1, 0.15) is 62.4 Å². The standard InChI is InChI=1S/C18H26N2O7.C18H25NO8.2C16H22N2O6.C16H21NO7/c1-18(17(22)23)12-19-16(20-18)14-4-3-13(11-15(14)21)27-10-9-26-8-7-25-6-5-24-2;1-18(17(21)22)12-27-16(19-18)14-4-3-13(11-15(14)20)26-10-9-25-8-7-24-6-5-23-2;1-16(15(20)21)10-17-14(18-16)12-4-3-11(9-13(12)19)24-8-7-23-6-5-22-2;1-16(15(20)21)10-17-14(18-16)11-4-3-5-12(13(11)19)24-9-8-23-7-6-22-2;1-16(15(19)20)10-24-14(17-16)12-4-3-11(9-13(12)18)23-8-7-22-6-5-21-2/h3-4,11,21H,5-10,12H2,1-2H3,(H,19,20)(H,22,23);3-4,11,20H,5-10,12H2,1-2H3,(H,21,22);3-4,9,19H,5-8,10H2,1-2H3,(H,17,18)(H,20,21);3-5,19H,6-10H2,1-2H3,(H,17,18)(H,20,21);3-4,9,18H,5-8,10H2,1-2H3,(H,19,20). The van der Waals surface area contributed by atoms with E-state index in [0.29, 0.717) is 220 Å². The summed E-state index contributed by atoms with van der Waals surface area (Å²) in [5, 5.41) is 105. The molecular weight excluding hydrogens is 1660 g/mol. The number of amidine groups is 3. The minimum Gasteiger partial charge on any atom is -0.507 e. The number of carboxylic acid groups (broad SMARTS) is 5. The predicted molar refractivity (Wildman–Crippen MR) is 452 cm³/mol. The lowest BCUT2D eigenvalue weighted by Crippen LogP contribution is -2.50. The Labute approximate surface area is 727 Å². The molecule has 5 aromatic rings. The van der Waals surface area contributed by atoms with Crippen LogP contribution in [-0.4, -0.2) is 365 Å². The number of phenolic OH excluding ortho intramolecular Hbond substituents is 5. The number of hydrogen-bond donors (Lipinski definition) is 13. The molecule has 5 aromatic carbocycles. The topological polar surface area (TPSA) is 561 Å². The summed E-state index contributed by atoms with van der Waals surface area (Å²) in [5.74, 6) is -2.09. The molecular formula is C84H116N8O34. The highest BCUT2D eigenvalue weighted by Gasteiger charge is 2.44. The highest BCUT2D eigenvalue weighted by Crippen LogP contribution is 2.35. The number of carboxylic acids is 5. The molecule has 0 saturated carbocycles. The van der Waals surface area contributed by atoms with E-state index in [9.17, 15) is 64.8 Å². The summed E-state index contributed by atoms with van der Waals surface area (Å²) in [6.45, 7) is 18.3. The molecule has 126 heavy (non-hydrogen) atoms. The first-order valence-corrected chi connectivity index (χ1v) is 39.7. The Hall–Kier alpha value is -11.7. The van der Waals surface area contributed by atoms with Gasteiger partial charge < -0.3 is 157 Å². The highest BCUT2D eigenvalue weighted by atomic mass is 16.6. The Morgan fingerprint density at radius 3 is 0.825 bits per heavy atom.